The SMILES string of the molecule is CCc1nnsc1C(=O)CCc1cnn(C)c1. The molecule has 17 heavy (non-hydrogen) atoms. The van der Waals surface area contributed by atoms with Crippen LogP contribution >= 0.6 is 11.5 Å². The number of aryl methyl sites for hydroxylation is 3. The van der Waals surface area contributed by atoms with Crippen LogP contribution in [0.3, 0.4) is 0 Å². The second kappa shape index (κ2) is 5.18. The van der Waals surface area contributed by atoms with Crippen LogP contribution in [0.25, 0.3) is 0 Å². The molecule has 2 aromatic heterocycles. The molecular weight excluding hydrogens is 236 g/mol. The van der Waals surface area contributed by atoms with E-state index in [0.29, 0.717) is 17.7 Å². The molecule has 2 aromatic rings. The number of ketones is 1. The molecule has 5 nitrogen and oxygen atoms in total. The lowest BCUT2D eigenvalue weighted by molar-refractivity contribution is 0.0985. The number of Topliss-reactive ketones (excluding diaryl/α,β-unsaturated/α-hetero) is 1. The van der Waals surface area contributed by atoms with Gasteiger partial charge in [-0.15, -0.1) is 5.10 Å². The summed E-state index contributed by atoms with van der Waals surface area (Å²) in [5.41, 5.74) is 1.89. The topological polar surface area (TPSA) is 60.7 Å². The Balaban J connectivity index is 1.98. The van der Waals surface area contributed by atoms with E-state index in [0.717, 1.165) is 17.7 Å². The predicted molar refractivity (Wildman–Crippen MR) is 65.1 cm³/mol. The van der Waals surface area contributed by atoms with Gasteiger partial charge in [0.15, 0.2) is 5.78 Å². The van der Waals surface area contributed by atoms with E-state index in [2.05, 4.69) is 14.7 Å². The van der Waals surface area contributed by atoms with Crippen LogP contribution in [0.5, 0.6) is 0 Å². The minimum absolute atomic E-state index is 0.126. The number of carbonyl (C=O) groups is 1. The highest BCUT2D eigenvalue weighted by atomic mass is 32.1. The summed E-state index contributed by atoms with van der Waals surface area (Å²) in [6, 6.07) is 0. The zero-order chi connectivity index (χ0) is 12.3. The highest BCUT2D eigenvalue weighted by molar-refractivity contribution is 7.08. The maximum atomic E-state index is 12.0. The average Bonchev–Trinajstić information content (AvgIpc) is 2.94. The maximum absolute atomic E-state index is 12.0. The van der Waals surface area contributed by atoms with Gasteiger partial charge in [-0.1, -0.05) is 11.4 Å². The summed E-state index contributed by atoms with van der Waals surface area (Å²) in [6.45, 7) is 1.98. The summed E-state index contributed by atoms with van der Waals surface area (Å²) in [5.74, 6) is 0.126. The molecule has 0 fully saturated rings. The number of hydrogen-bond acceptors (Lipinski definition) is 5. The van der Waals surface area contributed by atoms with Crippen molar-refractivity contribution >= 4 is 17.3 Å². The zero-order valence-corrected chi connectivity index (χ0v) is 10.7. The highest BCUT2D eigenvalue weighted by Crippen LogP contribution is 2.15. The van der Waals surface area contributed by atoms with Crippen molar-refractivity contribution in [2.45, 2.75) is 26.2 Å². The Morgan fingerprint density at radius 3 is 3.00 bits per heavy atom. The van der Waals surface area contributed by atoms with Gasteiger partial charge in [-0.2, -0.15) is 5.10 Å². The van der Waals surface area contributed by atoms with Crippen LogP contribution in [0.4, 0.5) is 0 Å². The molecule has 0 aliphatic heterocycles. The Morgan fingerprint density at radius 2 is 2.35 bits per heavy atom. The Hall–Kier alpha value is -1.56. The van der Waals surface area contributed by atoms with E-state index in [1.807, 2.05) is 20.2 Å². The fourth-order valence-corrected chi connectivity index (χ4v) is 2.34. The fraction of sp³-hybridized carbons (Fsp3) is 0.455. The van der Waals surface area contributed by atoms with Crippen molar-refractivity contribution < 1.29 is 4.79 Å². The van der Waals surface area contributed by atoms with Crippen LogP contribution in [0, 0.1) is 0 Å². The van der Waals surface area contributed by atoms with Gasteiger partial charge in [-0.05, 0) is 29.9 Å². The third-order valence-electron chi connectivity index (χ3n) is 2.54. The molecule has 0 atom stereocenters. The van der Waals surface area contributed by atoms with Gasteiger partial charge in [0.2, 0.25) is 0 Å². The van der Waals surface area contributed by atoms with E-state index in [9.17, 15) is 4.79 Å². The number of aromatic nitrogens is 4. The first-order valence-electron chi connectivity index (χ1n) is 5.52. The molecule has 2 rings (SSSR count). The molecule has 0 amide bonds. The van der Waals surface area contributed by atoms with Crippen molar-refractivity contribution in [3.63, 3.8) is 0 Å². The molecule has 0 aliphatic carbocycles. The highest BCUT2D eigenvalue weighted by Gasteiger charge is 2.14. The predicted octanol–water partition coefficient (Wildman–Crippen LogP) is 1.65. The second-order valence-corrected chi connectivity index (χ2v) is 4.60. The molecule has 0 spiro atoms. The van der Waals surface area contributed by atoms with Crippen LogP contribution in [-0.2, 0) is 19.9 Å². The molecule has 0 aromatic carbocycles. The Morgan fingerprint density at radius 1 is 1.53 bits per heavy atom. The van der Waals surface area contributed by atoms with E-state index in [-0.39, 0.29) is 5.78 Å². The minimum Gasteiger partial charge on any atom is -0.293 e. The van der Waals surface area contributed by atoms with E-state index in [4.69, 9.17) is 0 Å². The summed E-state index contributed by atoms with van der Waals surface area (Å²) in [7, 11) is 1.87. The normalized spacial score (nSPS) is 10.7. The standard InChI is InChI=1S/C11H14N4OS/c1-3-9-11(17-14-13-9)10(16)5-4-8-6-12-15(2)7-8/h6-7H,3-5H2,1-2H3. The van der Waals surface area contributed by atoms with Crippen LogP contribution in [-0.4, -0.2) is 25.2 Å². The molecule has 6 heteroatoms. The molecule has 0 unspecified atom stereocenters. The molecule has 2 heterocycles. The summed E-state index contributed by atoms with van der Waals surface area (Å²) in [4.78, 5) is 12.7. The maximum Gasteiger partial charge on any atom is 0.176 e. The Labute approximate surface area is 104 Å². The smallest absolute Gasteiger partial charge is 0.176 e. The molecule has 0 N–H and O–H groups in total. The number of carbonyl (C=O) groups excluding carboxylic acids is 1. The van der Waals surface area contributed by atoms with Gasteiger partial charge in [-0.25, -0.2) is 0 Å². The molecular formula is C11H14N4OS. The fourth-order valence-electron chi connectivity index (χ4n) is 1.62. The number of nitrogens with zero attached hydrogens (tertiary/aromatic N) is 4. The molecule has 0 saturated carbocycles. The first kappa shape index (κ1) is 11.9. The third-order valence-corrected chi connectivity index (χ3v) is 3.35. The van der Waals surface area contributed by atoms with Gasteiger partial charge in [-0.3, -0.25) is 9.48 Å². The van der Waals surface area contributed by atoms with Crippen molar-refractivity contribution in [3.8, 4) is 0 Å². The summed E-state index contributed by atoms with van der Waals surface area (Å²) in [6.07, 6.45) is 5.68. The van der Waals surface area contributed by atoms with E-state index < -0.39 is 0 Å². The van der Waals surface area contributed by atoms with Crippen molar-refractivity contribution in [2.24, 2.45) is 7.05 Å². The number of hydrogen-bond donors (Lipinski definition) is 0. The first-order chi connectivity index (χ1) is 8.20. The van der Waals surface area contributed by atoms with Crippen LogP contribution in [0.2, 0.25) is 0 Å². The largest absolute Gasteiger partial charge is 0.293 e. The lowest BCUT2D eigenvalue weighted by Gasteiger charge is -1.97. The van der Waals surface area contributed by atoms with E-state index in [1.165, 1.54) is 11.5 Å². The summed E-state index contributed by atoms with van der Waals surface area (Å²) >= 11 is 1.19. The molecule has 0 aliphatic rings. The number of rotatable bonds is 5. The van der Waals surface area contributed by atoms with Crippen molar-refractivity contribution in [1.82, 2.24) is 19.4 Å². The van der Waals surface area contributed by atoms with Gasteiger partial charge in [0.05, 0.1) is 11.9 Å². The minimum atomic E-state index is 0.126. The lowest BCUT2D eigenvalue weighted by Crippen LogP contribution is -2.02. The van der Waals surface area contributed by atoms with Crippen molar-refractivity contribution in [1.29, 1.82) is 0 Å². The van der Waals surface area contributed by atoms with Crippen molar-refractivity contribution in [3.05, 3.63) is 28.5 Å². The zero-order valence-electron chi connectivity index (χ0n) is 9.88. The Bertz CT molecular complexity index is 517. The third kappa shape index (κ3) is 2.76. The molecule has 90 valence electrons. The first-order valence-corrected chi connectivity index (χ1v) is 6.30. The lowest BCUT2D eigenvalue weighted by atomic mass is 10.1. The van der Waals surface area contributed by atoms with Crippen LogP contribution < -0.4 is 0 Å². The molecule has 0 radical (unpaired) electrons. The average molecular weight is 250 g/mol. The van der Waals surface area contributed by atoms with Gasteiger partial charge in [0.25, 0.3) is 0 Å². The van der Waals surface area contributed by atoms with Gasteiger partial charge < -0.3 is 0 Å². The second-order valence-electron chi connectivity index (χ2n) is 3.85. The monoisotopic (exact) mass is 250 g/mol. The summed E-state index contributed by atoms with van der Waals surface area (Å²) < 4.78 is 5.57. The summed E-state index contributed by atoms with van der Waals surface area (Å²) in [5, 5.41) is 8.02. The molecule has 0 saturated heterocycles. The van der Waals surface area contributed by atoms with Gasteiger partial charge in [0, 0.05) is 19.7 Å². The van der Waals surface area contributed by atoms with E-state index >= 15 is 0 Å². The Kier molecular flexibility index (Phi) is 3.63. The van der Waals surface area contributed by atoms with E-state index in [1.54, 1.807) is 10.9 Å². The van der Waals surface area contributed by atoms with Crippen molar-refractivity contribution in [2.75, 3.05) is 0 Å². The van der Waals surface area contributed by atoms with Gasteiger partial charge in [0.1, 0.15) is 4.88 Å². The van der Waals surface area contributed by atoms with Crippen LogP contribution in [0.1, 0.15) is 34.3 Å². The van der Waals surface area contributed by atoms with Crippen LogP contribution in [0.15, 0.2) is 12.4 Å². The van der Waals surface area contributed by atoms with Gasteiger partial charge >= 0.3 is 0 Å². The quantitative estimate of drug-likeness (QED) is 0.757. The molecule has 0 bridgehead atoms.